The van der Waals surface area contributed by atoms with Crippen LogP contribution in [0.4, 0.5) is 5.69 Å². The third kappa shape index (κ3) is 4.80. The molecule has 2 aromatic carbocycles. The van der Waals surface area contributed by atoms with Crippen LogP contribution in [0.2, 0.25) is 5.02 Å². The molecule has 9 heteroatoms. The van der Waals surface area contributed by atoms with Gasteiger partial charge in [-0.15, -0.1) is 0 Å². The maximum Gasteiger partial charge on any atom is 0.224 e. The van der Waals surface area contributed by atoms with Crippen molar-refractivity contribution in [3.63, 3.8) is 0 Å². The molecule has 0 fully saturated rings. The lowest BCUT2D eigenvalue weighted by Gasteiger charge is -2.14. The molecule has 34 heavy (non-hydrogen) atoms. The molecule has 0 saturated heterocycles. The van der Waals surface area contributed by atoms with Gasteiger partial charge in [0.2, 0.25) is 5.91 Å². The Bertz CT molecular complexity index is 1410. The molecule has 0 bridgehead atoms. The minimum Gasteiger partial charge on any atom is -0.497 e. The number of aryl methyl sites for hydroxylation is 2. The van der Waals surface area contributed by atoms with E-state index in [4.69, 9.17) is 21.1 Å². The van der Waals surface area contributed by atoms with Crippen LogP contribution in [0.3, 0.4) is 0 Å². The van der Waals surface area contributed by atoms with E-state index in [0.29, 0.717) is 45.6 Å². The van der Waals surface area contributed by atoms with Crippen molar-refractivity contribution < 1.29 is 14.3 Å². The van der Waals surface area contributed by atoms with E-state index in [-0.39, 0.29) is 12.3 Å². The van der Waals surface area contributed by atoms with Crippen LogP contribution in [0.1, 0.15) is 28.9 Å². The van der Waals surface area contributed by atoms with Crippen molar-refractivity contribution in [2.45, 2.75) is 26.7 Å². The Labute approximate surface area is 201 Å². The number of methoxy groups -OCH3 is 1. The van der Waals surface area contributed by atoms with E-state index in [9.17, 15) is 10.1 Å². The Hall–Kier alpha value is -4.09. The molecule has 0 unspecified atom stereocenters. The van der Waals surface area contributed by atoms with Crippen molar-refractivity contribution in [1.82, 2.24) is 14.6 Å². The average molecular weight is 476 g/mol. The van der Waals surface area contributed by atoms with Gasteiger partial charge in [-0.2, -0.15) is 10.4 Å². The number of carbonyl (C=O) groups is 1. The number of nitrogens with zero attached hydrogens (tertiary/aromatic N) is 4. The number of carbonyl (C=O) groups excluding carboxylic acids is 1. The van der Waals surface area contributed by atoms with Crippen LogP contribution in [0.15, 0.2) is 48.7 Å². The summed E-state index contributed by atoms with van der Waals surface area (Å²) in [7, 11) is 1.60. The molecule has 1 amide bonds. The van der Waals surface area contributed by atoms with E-state index in [0.717, 1.165) is 17.0 Å². The SMILES string of the molecule is COc1ccc(Oc2ccc(Cl)cc2NC(=O)CCc2c(C)nc3c(C#N)cnn3c2C)cc1. The highest BCUT2D eigenvalue weighted by atomic mass is 35.5. The molecule has 4 rings (SSSR count). The zero-order chi connectivity index (χ0) is 24.2. The highest BCUT2D eigenvalue weighted by Gasteiger charge is 2.16. The summed E-state index contributed by atoms with van der Waals surface area (Å²) in [5.41, 5.74) is 3.94. The van der Waals surface area contributed by atoms with Crippen molar-refractivity contribution >= 4 is 28.8 Å². The Morgan fingerprint density at radius 2 is 1.91 bits per heavy atom. The number of amides is 1. The second-order valence-corrected chi connectivity index (χ2v) is 8.07. The molecule has 0 atom stereocenters. The largest absolute Gasteiger partial charge is 0.497 e. The number of benzene rings is 2. The van der Waals surface area contributed by atoms with E-state index in [1.54, 1.807) is 54.1 Å². The Kier molecular flexibility index (Phi) is 6.66. The molecule has 0 saturated carbocycles. The minimum absolute atomic E-state index is 0.195. The third-order valence-electron chi connectivity index (χ3n) is 5.43. The number of fused-ring (bicyclic) bond motifs is 1. The first-order chi connectivity index (χ1) is 16.4. The van der Waals surface area contributed by atoms with Crippen LogP contribution >= 0.6 is 11.6 Å². The molecule has 1 N–H and O–H groups in total. The highest BCUT2D eigenvalue weighted by Crippen LogP contribution is 2.33. The van der Waals surface area contributed by atoms with Crippen LogP contribution in [0.25, 0.3) is 5.65 Å². The second kappa shape index (κ2) is 9.81. The quantitative estimate of drug-likeness (QED) is 0.392. The lowest BCUT2D eigenvalue weighted by molar-refractivity contribution is -0.116. The first kappa shape index (κ1) is 23.1. The van der Waals surface area contributed by atoms with E-state index in [1.165, 1.54) is 6.20 Å². The molecule has 2 heterocycles. The van der Waals surface area contributed by atoms with E-state index in [2.05, 4.69) is 21.5 Å². The van der Waals surface area contributed by atoms with Gasteiger partial charge >= 0.3 is 0 Å². The maximum absolute atomic E-state index is 12.8. The summed E-state index contributed by atoms with van der Waals surface area (Å²) in [5.74, 6) is 1.59. The second-order valence-electron chi connectivity index (χ2n) is 7.63. The topological polar surface area (TPSA) is 102 Å². The van der Waals surface area contributed by atoms with Crippen molar-refractivity contribution in [2.75, 3.05) is 12.4 Å². The standard InChI is InChI=1S/C25H22ClN5O3/c1-15-21(16(2)31-25(29-15)17(13-27)14-28-31)9-11-24(32)30-22-12-18(26)4-10-23(22)34-20-7-5-19(33-3)6-8-20/h4-8,10,12,14H,9,11H2,1-3H3,(H,30,32). The fourth-order valence-corrected chi connectivity index (χ4v) is 3.83. The van der Waals surface area contributed by atoms with Crippen molar-refractivity contribution in [2.24, 2.45) is 0 Å². The lowest BCUT2D eigenvalue weighted by Crippen LogP contribution is -2.15. The van der Waals surface area contributed by atoms with Crippen LogP contribution in [0, 0.1) is 25.2 Å². The van der Waals surface area contributed by atoms with Crippen LogP contribution in [-0.4, -0.2) is 27.6 Å². The predicted molar refractivity (Wildman–Crippen MR) is 129 cm³/mol. The Morgan fingerprint density at radius 3 is 2.62 bits per heavy atom. The third-order valence-corrected chi connectivity index (χ3v) is 5.67. The van der Waals surface area contributed by atoms with Gasteiger partial charge in [0.05, 0.1) is 19.0 Å². The summed E-state index contributed by atoms with van der Waals surface area (Å²) in [6, 6.07) is 14.3. The van der Waals surface area contributed by atoms with E-state index < -0.39 is 0 Å². The molecule has 0 aliphatic heterocycles. The first-order valence-electron chi connectivity index (χ1n) is 10.5. The molecule has 0 aliphatic rings. The number of ether oxygens (including phenoxy) is 2. The molecular weight excluding hydrogens is 454 g/mol. The van der Waals surface area contributed by atoms with Crippen molar-refractivity contribution in [3.05, 3.63) is 76.2 Å². The smallest absolute Gasteiger partial charge is 0.224 e. The highest BCUT2D eigenvalue weighted by molar-refractivity contribution is 6.31. The monoisotopic (exact) mass is 475 g/mol. The zero-order valence-electron chi connectivity index (χ0n) is 18.9. The van der Waals surface area contributed by atoms with E-state index >= 15 is 0 Å². The Morgan fingerprint density at radius 1 is 1.18 bits per heavy atom. The summed E-state index contributed by atoms with van der Waals surface area (Å²) in [6.07, 6.45) is 2.17. The van der Waals surface area contributed by atoms with Crippen LogP contribution in [0.5, 0.6) is 17.2 Å². The molecule has 4 aromatic rings. The molecule has 8 nitrogen and oxygen atoms in total. The van der Waals surface area contributed by atoms with Gasteiger partial charge < -0.3 is 14.8 Å². The minimum atomic E-state index is -0.195. The molecule has 2 aromatic heterocycles. The fourth-order valence-electron chi connectivity index (χ4n) is 3.66. The normalized spacial score (nSPS) is 10.7. The van der Waals surface area contributed by atoms with Crippen LogP contribution < -0.4 is 14.8 Å². The number of anilines is 1. The molecule has 0 spiro atoms. The summed E-state index contributed by atoms with van der Waals surface area (Å²) < 4.78 is 12.8. The molecule has 172 valence electrons. The number of hydrogen-bond acceptors (Lipinski definition) is 6. The number of aromatic nitrogens is 3. The van der Waals surface area contributed by atoms with Gasteiger partial charge in [-0.1, -0.05) is 11.6 Å². The summed E-state index contributed by atoms with van der Waals surface area (Å²) in [4.78, 5) is 17.3. The van der Waals surface area contributed by atoms with Gasteiger partial charge in [0.25, 0.3) is 0 Å². The Balaban J connectivity index is 1.49. The number of nitrogens with one attached hydrogen (secondary N) is 1. The zero-order valence-corrected chi connectivity index (χ0v) is 19.7. The maximum atomic E-state index is 12.8. The van der Waals surface area contributed by atoms with E-state index in [1.807, 2.05) is 13.8 Å². The van der Waals surface area contributed by atoms with Gasteiger partial charge in [0.15, 0.2) is 11.4 Å². The number of halogens is 1. The summed E-state index contributed by atoms with van der Waals surface area (Å²) in [6.45, 7) is 3.77. The number of hydrogen-bond donors (Lipinski definition) is 1. The van der Waals surface area contributed by atoms with Gasteiger partial charge in [-0.25, -0.2) is 9.50 Å². The van der Waals surface area contributed by atoms with Crippen molar-refractivity contribution in [3.8, 4) is 23.3 Å². The predicted octanol–water partition coefficient (Wildman–Crippen LogP) is 5.24. The summed E-state index contributed by atoms with van der Waals surface area (Å²) in [5, 5.41) is 16.9. The average Bonchev–Trinajstić information content (AvgIpc) is 3.24. The number of rotatable bonds is 7. The first-order valence-corrected chi connectivity index (χ1v) is 10.9. The van der Waals surface area contributed by atoms with Gasteiger partial charge in [-0.05, 0) is 68.3 Å². The van der Waals surface area contributed by atoms with Gasteiger partial charge in [0, 0.05) is 22.8 Å². The summed E-state index contributed by atoms with van der Waals surface area (Å²) >= 11 is 6.16. The number of nitriles is 1. The van der Waals surface area contributed by atoms with Gasteiger partial charge in [0.1, 0.15) is 23.1 Å². The molecule has 0 radical (unpaired) electrons. The lowest BCUT2D eigenvalue weighted by atomic mass is 10.1. The van der Waals surface area contributed by atoms with Crippen LogP contribution in [-0.2, 0) is 11.2 Å². The fraction of sp³-hybridized carbons (Fsp3) is 0.200. The van der Waals surface area contributed by atoms with Crippen molar-refractivity contribution in [1.29, 1.82) is 5.26 Å². The molecular formula is C25H22ClN5O3. The van der Waals surface area contributed by atoms with Gasteiger partial charge in [-0.3, -0.25) is 4.79 Å². The molecule has 0 aliphatic carbocycles.